The van der Waals surface area contributed by atoms with E-state index >= 15 is 0 Å². The zero-order valence-corrected chi connectivity index (χ0v) is 29.5. The Morgan fingerprint density at radius 2 is 1.62 bits per heavy atom. The molecule has 1 N–H and O–H groups in total. The Morgan fingerprint density at radius 3 is 2.28 bits per heavy atom. The van der Waals surface area contributed by atoms with Crippen LogP contribution in [0.1, 0.15) is 46.6 Å². The quantitative estimate of drug-likeness (QED) is 0.246. The molecule has 4 aromatic rings. The Morgan fingerprint density at radius 1 is 0.936 bits per heavy atom. The van der Waals surface area contributed by atoms with Crippen LogP contribution in [0, 0.1) is 20.8 Å². The summed E-state index contributed by atoms with van der Waals surface area (Å²) in [6.07, 6.45) is 2.26. The number of nitrogens with zero attached hydrogens (tertiary/aromatic N) is 4. The molecule has 0 spiro atoms. The van der Waals surface area contributed by atoms with E-state index in [-0.39, 0.29) is 37.1 Å². The van der Waals surface area contributed by atoms with Crippen molar-refractivity contribution in [2.75, 3.05) is 33.4 Å². The van der Waals surface area contributed by atoms with Crippen molar-refractivity contribution < 1.29 is 14.6 Å². The van der Waals surface area contributed by atoms with Crippen molar-refractivity contribution >= 4 is 30.5 Å². The number of β-amino-alcohol motifs (C(OH)–C–C–N with tert-alkyl or cyclic N) is 1. The number of fused-ring (bicyclic) bond motifs is 3. The van der Waals surface area contributed by atoms with Crippen LogP contribution < -0.4 is 20.7 Å². The Hall–Kier alpha value is -3.56. The minimum atomic E-state index is -0.615. The maximum Gasteiger partial charge on any atom is 0.329 e. The topological polar surface area (TPSA) is 81.2 Å². The van der Waals surface area contributed by atoms with E-state index in [0.29, 0.717) is 42.4 Å². The summed E-state index contributed by atoms with van der Waals surface area (Å²) in [6.45, 7) is 9.43. The number of benzene rings is 3. The van der Waals surface area contributed by atoms with Gasteiger partial charge in [-0.1, -0.05) is 48.0 Å². The molecule has 3 aromatic carbocycles. The minimum Gasteiger partial charge on any atom is -0.493 e. The summed E-state index contributed by atoms with van der Waals surface area (Å²) in [4.78, 5) is 20.8. The normalized spacial score (nSPS) is 15.6. The van der Waals surface area contributed by atoms with E-state index < -0.39 is 6.10 Å². The number of piperidine rings is 1. The molecule has 6 rings (SSSR count). The molecule has 1 unspecified atom stereocenters. The molecule has 0 bridgehead atoms. The van der Waals surface area contributed by atoms with Gasteiger partial charge >= 0.3 is 5.69 Å². The third kappa shape index (κ3) is 7.78. The molecular formula is C37H46Cl2N4O4. The van der Waals surface area contributed by atoms with Gasteiger partial charge in [0.25, 0.3) is 0 Å². The Balaban J connectivity index is 0.00000250. The second-order valence-corrected chi connectivity index (χ2v) is 12.6. The van der Waals surface area contributed by atoms with E-state index in [0.717, 1.165) is 59.6 Å². The molecule has 0 radical (unpaired) electrons. The van der Waals surface area contributed by atoms with Gasteiger partial charge in [0.05, 0.1) is 18.5 Å². The second-order valence-electron chi connectivity index (χ2n) is 12.6. The van der Waals surface area contributed by atoms with Gasteiger partial charge in [0.1, 0.15) is 18.2 Å². The molecular weight excluding hydrogens is 635 g/mol. The van der Waals surface area contributed by atoms with Crippen LogP contribution in [0.25, 0.3) is 11.3 Å². The fraction of sp³-hybridized carbons (Fsp3) is 0.405. The SMILES string of the molecule is COc1cc2c(cc1OCC(O)CN1CCC(c3ccccc3)CC1)CCn1c-2cc(=Nc2c(C)cc(C)cc2C)n(C)c1=O.Cl.Cl. The Labute approximate surface area is 289 Å². The van der Waals surface area contributed by atoms with Crippen LogP contribution in [-0.4, -0.2) is 58.6 Å². The molecule has 0 aliphatic carbocycles. The maximum atomic E-state index is 13.5. The van der Waals surface area contributed by atoms with Crippen molar-refractivity contribution in [3.63, 3.8) is 0 Å². The summed E-state index contributed by atoms with van der Waals surface area (Å²) < 4.78 is 15.3. The van der Waals surface area contributed by atoms with Crippen LogP contribution in [0.3, 0.4) is 0 Å². The van der Waals surface area contributed by atoms with E-state index in [4.69, 9.17) is 14.5 Å². The monoisotopic (exact) mass is 680 g/mol. The summed E-state index contributed by atoms with van der Waals surface area (Å²) in [6, 6.07) is 20.9. The Kier molecular flexibility index (Phi) is 12.0. The summed E-state index contributed by atoms with van der Waals surface area (Å²) in [5, 5.41) is 10.9. The highest BCUT2D eigenvalue weighted by Crippen LogP contribution is 2.38. The van der Waals surface area contributed by atoms with Gasteiger partial charge in [-0.15, -0.1) is 24.8 Å². The highest BCUT2D eigenvalue weighted by Gasteiger charge is 2.24. The number of hydrogen-bond acceptors (Lipinski definition) is 6. The number of halogens is 2. The smallest absolute Gasteiger partial charge is 0.329 e. The molecule has 2 aliphatic heterocycles. The molecule has 252 valence electrons. The van der Waals surface area contributed by atoms with Crippen molar-refractivity contribution in [2.24, 2.45) is 12.0 Å². The van der Waals surface area contributed by atoms with Gasteiger partial charge in [-0.2, -0.15) is 0 Å². The number of aliphatic hydroxyl groups excluding tert-OH is 1. The molecule has 0 amide bonds. The van der Waals surface area contributed by atoms with Crippen LogP contribution >= 0.6 is 24.8 Å². The fourth-order valence-electron chi connectivity index (χ4n) is 6.95. The molecule has 8 nitrogen and oxygen atoms in total. The lowest BCUT2D eigenvalue weighted by atomic mass is 9.89. The maximum absolute atomic E-state index is 13.5. The van der Waals surface area contributed by atoms with E-state index in [9.17, 15) is 9.90 Å². The summed E-state index contributed by atoms with van der Waals surface area (Å²) in [5.41, 5.74) is 8.95. The molecule has 0 saturated carbocycles. The van der Waals surface area contributed by atoms with Gasteiger partial charge in [-0.25, -0.2) is 9.79 Å². The third-order valence-corrected chi connectivity index (χ3v) is 9.31. The predicted octanol–water partition coefficient (Wildman–Crippen LogP) is 6.04. The van der Waals surface area contributed by atoms with Gasteiger partial charge in [-0.05, 0) is 93.4 Å². The lowest BCUT2D eigenvalue weighted by Crippen LogP contribution is -2.40. The molecule has 3 heterocycles. The molecule has 1 atom stereocenters. The molecule has 2 aliphatic rings. The summed E-state index contributed by atoms with van der Waals surface area (Å²) in [5.74, 6) is 1.76. The summed E-state index contributed by atoms with van der Waals surface area (Å²) >= 11 is 0. The first-order valence-electron chi connectivity index (χ1n) is 15.9. The van der Waals surface area contributed by atoms with Gasteiger partial charge in [0, 0.05) is 31.8 Å². The number of aryl methyl sites for hydroxylation is 4. The number of rotatable bonds is 8. The molecule has 1 aromatic heterocycles. The lowest BCUT2D eigenvalue weighted by Gasteiger charge is -2.33. The first-order valence-corrected chi connectivity index (χ1v) is 15.9. The van der Waals surface area contributed by atoms with Crippen LogP contribution in [0.4, 0.5) is 5.69 Å². The van der Waals surface area contributed by atoms with Gasteiger partial charge in [0.2, 0.25) is 0 Å². The largest absolute Gasteiger partial charge is 0.493 e. The van der Waals surface area contributed by atoms with Gasteiger partial charge in [-0.3, -0.25) is 9.13 Å². The fourth-order valence-corrected chi connectivity index (χ4v) is 6.95. The average molecular weight is 682 g/mol. The van der Waals surface area contributed by atoms with Crippen molar-refractivity contribution in [3.8, 4) is 22.8 Å². The number of methoxy groups -OCH3 is 1. The van der Waals surface area contributed by atoms with Gasteiger partial charge in [0.15, 0.2) is 11.5 Å². The highest BCUT2D eigenvalue weighted by molar-refractivity contribution is 5.85. The predicted molar refractivity (Wildman–Crippen MR) is 192 cm³/mol. The molecule has 1 saturated heterocycles. The van der Waals surface area contributed by atoms with Crippen molar-refractivity contribution in [3.05, 3.63) is 104 Å². The Bertz CT molecular complexity index is 1810. The summed E-state index contributed by atoms with van der Waals surface area (Å²) in [7, 11) is 3.39. The van der Waals surface area contributed by atoms with Crippen molar-refractivity contribution in [1.29, 1.82) is 0 Å². The van der Waals surface area contributed by atoms with E-state index in [2.05, 4.69) is 68.1 Å². The van der Waals surface area contributed by atoms with Crippen LogP contribution in [-0.2, 0) is 20.0 Å². The number of hydrogen-bond donors (Lipinski definition) is 1. The average Bonchev–Trinajstić information content (AvgIpc) is 3.04. The molecule has 1 fully saturated rings. The third-order valence-electron chi connectivity index (χ3n) is 9.31. The second kappa shape index (κ2) is 15.6. The number of ether oxygens (including phenoxy) is 2. The van der Waals surface area contributed by atoms with Crippen LogP contribution in [0.5, 0.6) is 11.5 Å². The standard InChI is InChI=1S/C37H44N4O4.2ClH/c1-24-17-25(2)36(26(3)18-24)38-35-21-32-31-20-33(44-5)34(19-29(31)13-16-41(32)37(43)39(35)4)45-23-30(42)22-40-14-11-28(12-15-40)27-9-7-6-8-10-27;;/h6-10,17-21,28,30,42H,11-16,22-23H2,1-5H3;2*1H. The van der Waals surface area contributed by atoms with E-state index in [1.165, 1.54) is 11.1 Å². The lowest BCUT2D eigenvalue weighted by molar-refractivity contribution is 0.0585. The van der Waals surface area contributed by atoms with Crippen molar-refractivity contribution in [1.82, 2.24) is 14.0 Å². The highest BCUT2D eigenvalue weighted by atomic mass is 35.5. The first-order chi connectivity index (χ1) is 21.7. The zero-order valence-electron chi connectivity index (χ0n) is 27.9. The molecule has 10 heteroatoms. The van der Waals surface area contributed by atoms with Crippen LogP contribution in [0.2, 0.25) is 0 Å². The zero-order chi connectivity index (χ0) is 31.7. The number of aromatic nitrogens is 2. The number of likely N-dealkylation sites (tertiary alicyclic amines) is 1. The molecule has 47 heavy (non-hydrogen) atoms. The van der Waals surface area contributed by atoms with Gasteiger partial charge < -0.3 is 19.5 Å². The first kappa shape index (κ1) is 36.3. The number of aliphatic hydroxyl groups is 1. The van der Waals surface area contributed by atoms with Crippen LogP contribution in [0.15, 0.2) is 70.5 Å². The minimum absolute atomic E-state index is 0. The van der Waals surface area contributed by atoms with Crippen molar-refractivity contribution in [2.45, 2.75) is 58.6 Å². The van der Waals surface area contributed by atoms with E-state index in [1.54, 1.807) is 23.3 Å². The van der Waals surface area contributed by atoms with E-state index in [1.807, 2.05) is 18.2 Å².